The highest BCUT2D eigenvalue weighted by atomic mass is 16.4. The molecule has 7 nitrogen and oxygen atoms in total. The summed E-state index contributed by atoms with van der Waals surface area (Å²) < 4.78 is 0. The number of hydrogen-bond acceptors (Lipinski definition) is 3. The zero-order valence-corrected chi connectivity index (χ0v) is 14.1. The molecule has 0 radical (unpaired) electrons. The summed E-state index contributed by atoms with van der Waals surface area (Å²) in [6.45, 7) is 5.66. The van der Waals surface area contributed by atoms with E-state index < -0.39 is 5.97 Å². The summed E-state index contributed by atoms with van der Waals surface area (Å²) in [6.07, 6.45) is 4.37. The number of nitrogens with zero attached hydrogens (tertiary/aromatic N) is 1. The molecule has 0 aromatic carbocycles. The number of carboxylic acid groups (broad SMARTS) is 1. The lowest BCUT2D eigenvalue weighted by Gasteiger charge is -2.38. The second kappa shape index (κ2) is 8.55. The maximum absolute atomic E-state index is 11.6. The number of carbonyl (C=O) groups excluding carboxylic acids is 1. The smallest absolute Gasteiger partial charge is 0.331 e. The third-order valence-electron chi connectivity index (χ3n) is 4.54. The molecule has 0 saturated heterocycles. The molecule has 1 amide bonds. The van der Waals surface area contributed by atoms with Gasteiger partial charge in [-0.05, 0) is 12.3 Å². The molecule has 1 aliphatic carbocycles. The van der Waals surface area contributed by atoms with Gasteiger partial charge in [-0.2, -0.15) is 0 Å². The summed E-state index contributed by atoms with van der Waals surface area (Å²) in [5.74, 6) is -0.830. The number of rotatable bonds is 7. The van der Waals surface area contributed by atoms with Gasteiger partial charge in [-0.25, -0.2) is 9.79 Å². The van der Waals surface area contributed by atoms with Gasteiger partial charge in [-0.3, -0.25) is 4.79 Å². The first-order valence-electron chi connectivity index (χ1n) is 8.08. The van der Waals surface area contributed by atoms with Crippen LogP contribution in [0.1, 0.15) is 46.5 Å². The minimum Gasteiger partial charge on any atom is -0.478 e. The molecule has 7 heteroatoms. The molecule has 1 aliphatic rings. The van der Waals surface area contributed by atoms with Crippen LogP contribution in [0.2, 0.25) is 0 Å². The number of nitrogens with two attached hydrogens (primary N) is 2. The van der Waals surface area contributed by atoms with Gasteiger partial charge < -0.3 is 21.9 Å². The van der Waals surface area contributed by atoms with Crippen LogP contribution in [0.25, 0.3) is 0 Å². The number of allylic oxidation sites excluding steroid dienone is 1. The van der Waals surface area contributed by atoms with Crippen LogP contribution >= 0.6 is 0 Å². The van der Waals surface area contributed by atoms with Crippen molar-refractivity contribution in [2.75, 3.05) is 0 Å². The number of guanidine groups is 1. The van der Waals surface area contributed by atoms with Gasteiger partial charge in [0.25, 0.3) is 0 Å². The van der Waals surface area contributed by atoms with Crippen LogP contribution < -0.4 is 16.8 Å². The third kappa shape index (κ3) is 5.26. The van der Waals surface area contributed by atoms with Crippen molar-refractivity contribution in [1.29, 1.82) is 0 Å². The maximum Gasteiger partial charge on any atom is 0.331 e. The molecule has 130 valence electrons. The highest BCUT2D eigenvalue weighted by Gasteiger charge is 2.37. The number of aliphatic carboxylic acids is 1. The van der Waals surface area contributed by atoms with Crippen LogP contribution in [-0.2, 0) is 9.59 Å². The SMILES string of the molecule is CCC(CC)[C@H](NC(C)=O)[C@H]1CC=C(C(=O)O)C[C@@H]1N=C(N)N. The lowest BCUT2D eigenvalue weighted by molar-refractivity contribution is -0.133. The van der Waals surface area contributed by atoms with E-state index in [4.69, 9.17) is 11.5 Å². The highest BCUT2D eigenvalue weighted by Crippen LogP contribution is 2.33. The molecule has 0 fully saturated rings. The second-order valence-electron chi connectivity index (χ2n) is 6.06. The van der Waals surface area contributed by atoms with Gasteiger partial charge in [0, 0.05) is 30.9 Å². The largest absolute Gasteiger partial charge is 0.478 e. The van der Waals surface area contributed by atoms with E-state index in [9.17, 15) is 14.7 Å². The Kier molecular flexibility index (Phi) is 7.06. The molecular formula is C16H28N4O3. The highest BCUT2D eigenvalue weighted by molar-refractivity contribution is 5.87. The Morgan fingerprint density at radius 3 is 2.43 bits per heavy atom. The number of amides is 1. The van der Waals surface area contributed by atoms with E-state index in [0.29, 0.717) is 17.9 Å². The fourth-order valence-corrected chi connectivity index (χ4v) is 3.39. The average molecular weight is 324 g/mol. The maximum atomic E-state index is 11.6. The molecule has 0 heterocycles. The molecule has 0 aliphatic heterocycles. The Balaban J connectivity index is 3.16. The van der Waals surface area contributed by atoms with E-state index >= 15 is 0 Å². The summed E-state index contributed by atoms with van der Waals surface area (Å²) in [5, 5.41) is 12.2. The van der Waals surface area contributed by atoms with Crippen molar-refractivity contribution in [3.8, 4) is 0 Å². The minimum atomic E-state index is -0.946. The van der Waals surface area contributed by atoms with Gasteiger partial charge in [-0.15, -0.1) is 0 Å². The van der Waals surface area contributed by atoms with Crippen LogP contribution in [0.5, 0.6) is 0 Å². The summed E-state index contributed by atoms with van der Waals surface area (Å²) >= 11 is 0. The van der Waals surface area contributed by atoms with Crippen molar-refractivity contribution in [2.24, 2.45) is 28.3 Å². The van der Waals surface area contributed by atoms with E-state index in [1.807, 2.05) is 0 Å². The molecule has 0 bridgehead atoms. The fourth-order valence-electron chi connectivity index (χ4n) is 3.39. The average Bonchev–Trinajstić information content (AvgIpc) is 2.46. The fraction of sp³-hybridized carbons (Fsp3) is 0.688. The van der Waals surface area contributed by atoms with E-state index in [2.05, 4.69) is 24.2 Å². The number of hydrogen-bond donors (Lipinski definition) is 4. The molecule has 0 aromatic heterocycles. The molecule has 0 saturated carbocycles. The van der Waals surface area contributed by atoms with E-state index in [1.54, 1.807) is 6.08 Å². The van der Waals surface area contributed by atoms with Crippen LogP contribution in [0.15, 0.2) is 16.6 Å². The number of nitrogens with one attached hydrogen (secondary N) is 1. The van der Waals surface area contributed by atoms with Gasteiger partial charge in [0.05, 0.1) is 6.04 Å². The van der Waals surface area contributed by atoms with Gasteiger partial charge >= 0.3 is 5.97 Å². The first-order chi connectivity index (χ1) is 10.8. The molecular weight excluding hydrogens is 296 g/mol. The van der Waals surface area contributed by atoms with Gasteiger partial charge in [-0.1, -0.05) is 32.8 Å². The number of carbonyl (C=O) groups is 2. The standard InChI is InChI=1S/C16H28N4O3/c1-4-10(5-2)14(19-9(3)21)12-7-6-11(15(22)23)8-13(12)20-16(17)18/h6,10,12-14H,4-5,7-8H2,1-3H3,(H,19,21)(H,22,23)(H4,17,18,20)/t12-,13-,14-/m0/s1. The molecule has 0 unspecified atom stereocenters. The summed E-state index contributed by atoms with van der Waals surface area (Å²) in [7, 11) is 0. The van der Waals surface area contributed by atoms with E-state index in [-0.39, 0.29) is 36.3 Å². The predicted molar refractivity (Wildman–Crippen MR) is 89.7 cm³/mol. The summed E-state index contributed by atoms with van der Waals surface area (Å²) in [5.41, 5.74) is 11.4. The van der Waals surface area contributed by atoms with Crippen molar-refractivity contribution < 1.29 is 14.7 Å². The number of aliphatic imine (C=N–C) groups is 1. The normalized spacial score (nSPS) is 22.2. The quantitative estimate of drug-likeness (QED) is 0.410. The molecule has 0 spiro atoms. The Hall–Kier alpha value is -2.05. The molecule has 3 atom stereocenters. The first-order valence-corrected chi connectivity index (χ1v) is 8.08. The van der Waals surface area contributed by atoms with Crippen molar-refractivity contribution >= 4 is 17.8 Å². The molecule has 6 N–H and O–H groups in total. The summed E-state index contributed by atoms with van der Waals surface area (Å²) in [6, 6.07) is -0.421. The Bertz CT molecular complexity index is 494. The van der Waals surface area contributed by atoms with Crippen LogP contribution in [-0.4, -0.2) is 35.0 Å². The van der Waals surface area contributed by atoms with Gasteiger partial charge in [0.15, 0.2) is 5.96 Å². The van der Waals surface area contributed by atoms with Crippen molar-refractivity contribution in [3.05, 3.63) is 11.6 Å². The topological polar surface area (TPSA) is 131 Å². The lowest BCUT2D eigenvalue weighted by atomic mass is 9.74. The van der Waals surface area contributed by atoms with Crippen LogP contribution in [0.4, 0.5) is 0 Å². The minimum absolute atomic E-state index is 0.0194. The van der Waals surface area contributed by atoms with Crippen LogP contribution in [0.3, 0.4) is 0 Å². The zero-order chi connectivity index (χ0) is 17.6. The Labute approximate surface area is 137 Å². The van der Waals surface area contributed by atoms with Gasteiger partial charge in [0.2, 0.25) is 5.91 Å². The van der Waals surface area contributed by atoms with E-state index in [1.165, 1.54) is 6.92 Å². The Morgan fingerprint density at radius 2 is 2.00 bits per heavy atom. The first kappa shape index (κ1) is 19.0. The van der Waals surface area contributed by atoms with Crippen molar-refractivity contribution in [1.82, 2.24) is 5.32 Å². The summed E-state index contributed by atoms with van der Waals surface area (Å²) in [4.78, 5) is 27.1. The van der Waals surface area contributed by atoms with E-state index in [0.717, 1.165) is 12.8 Å². The molecule has 23 heavy (non-hydrogen) atoms. The van der Waals surface area contributed by atoms with Gasteiger partial charge in [0.1, 0.15) is 0 Å². The van der Waals surface area contributed by atoms with Crippen molar-refractivity contribution in [2.45, 2.75) is 58.5 Å². The monoisotopic (exact) mass is 324 g/mol. The van der Waals surface area contributed by atoms with Crippen molar-refractivity contribution in [3.63, 3.8) is 0 Å². The predicted octanol–water partition coefficient (Wildman–Crippen LogP) is 0.990. The van der Waals surface area contributed by atoms with Crippen LogP contribution in [0, 0.1) is 11.8 Å². The molecule has 1 rings (SSSR count). The number of carboxylic acids is 1. The second-order valence-corrected chi connectivity index (χ2v) is 6.06. The zero-order valence-electron chi connectivity index (χ0n) is 14.1. The molecule has 0 aromatic rings. The third-order valence-corrected chi connectivity index (χ3v) is 4.54. The Morgan fingerprint density at radius 1 is 1.39 bits per heavy atom. The lowest BCUT2D eigenvalue weighted by Crippen LogP contribution is -2.49.